The van der Waals surface area contributed by atoms with Crippen molar-refractivity contribution >= 4 is 5.97 Å². The summed E-state index contributed by atoms with van der Waals surface area (Å²) in [4.78, 5) is 13.7. The minimum Gasteiger partial charge on any atom is -0.466 e. The van der Waals surface area contributed by atoms with Gasteiger partial charge in [0, 0.05) is 24.8 Å². The van der Waals surface area contributed by atoms with Crippen molar-refractivity contribution in [1.82, 2.24) is 0 Å². The number of fused-ring (bicyclic) bond motifs is 1. The summed E-state index contributed by atoms with van der Waals surface area (Å²) < 4.78 is 5.27. The van der Waals surface area contributed by atoms with E-state index in [2.05, 4.69) is 30.3 Å². The van der Waals surface area contributed by atoms with E-state index < -0.39 is 0 Å². The van der Waals surface area contributed by atoms with Gasteiger partial charge in [0.05, 0.1) is 13.2 Å². The maximum atomic E-state index is 12.1. The third-order valence-corrected chi connectivity index (χ3v) is 4.67. The first-order chi connectivity index (χ1) is 9.31. The topological polar surface area (TPSA) is 30.7 Å². The molecule has 0 radical (unpaired) electrons. The molecule has 0 spiro atoms. The van der Waals surface area contributed by atoms with Gasteiger partial charge in [-0.05, 0) is 6.92 Å². The number of nitrogens with one attached hydrogen (secondary N) is 1. The molecule has 1 aromatic carbocycles. The molecule has 2 aliphatic rings. The normalized spacial score (nSPS) is 33.1. The first-order valence-electron chi connectivity index (χ1n) is 7.38. The Morgan fingerprint density at radius 1 is 1.37 bits per heavy atom. The van der Waals surface area contributed by atoms with Gasteiger partial charge in [0.15, 0.2) is 0 Å². The van der Waals surface area contributed by atoms with Gasteiger partial charge in [-0.25, -0.2) is 0 Å². The Balaban J connectivity index is 1.82. The Kier molecular flexibility index (Phi) is 3.56. The molecular formula is C16H22NO2+. The molecule has 1 unspecified atom stereocenters. The lowest BCUT2D eigenvalue weighted by Crippen LogP contribution is -3.12. The number of rotatable bonds is 3. The van der Waals surface area contributed by atoms with Crippen LogP contribution in [-0.2, 0) is 9.53 Å². The summed E-state index contributed by atoms with van der Waals surface area (Å²) in [6.07, 6.45) is 3.35. The second kappa shape index (κ2) is 5.33. The highest BCUT2D eigenvalue weighted by Crippen LogP contribution is 2.32. The lowest BCUT2D eigenvalue weighted by molar-refractivity contribution is -0.930. The van der Waals surface area contributed by atoms with Crippen molar-refractivity contribution in [2.45, 2.75) is 38.3 Å². The molecule has 0 amide bonds. The van der Waals surface area contributed by atoms with E-state index in [-0.39, 0.29) is 11.9 Å². The molecule has 1 aromatic rings. The van der Waals surface area contributed by atoms with Crippen LogP contribution in [0.2, 0.25) is 0 Å². The van der Waals surface area contributed by atoms with E-state index in [1.807, 2.05) is 6.92 Å². The molecule has 4 atom stereocenters. The Labute approximate surface area is 114 Å². The van der Waals surface area contributed by atoms with Crippen LogP contribution < -0.4 is 4.90 Å². The molecule has 0 saturated carbocycles. The van der Waals surface area contributed by atoms with Gasteiger partial charge in [-0.15, -0.1) is 0 Å². The van der Waals surface area contributed by atoms with Crippen LogP contribution in [0, 0.1) is 5.92 Å². The molecule has 2 heterocycles. The molecule has 2 fully saturated rings. The van der Waals surface area contributed by atoms with E-state index in [4.69, 9.17) is 4.74 Å². The van der Waals surface area contributed by atoms with E-state index in [0.29, 0.717) is 18.7 Å². The fourth-order valence-corrected chi connectivity index (χ4v) is 3.90. The van der Waals surface area contributed by atoms with Crippen LogP contribution in [0.15, 0.2) is 30.3 Å². The predicted octanol–water partition coefficient (Wildman–Crippen LogP) is 1.36. The van der Waals surface area contributed by atoms with Gasteiger partial charge in [0.2, 0.25) is 0 Å². The van der Waals surface area contributed by atoms with Gasteiger partial charge in [-0.1, -0.05) is 30.3 Å². The number of ether oxygens (including phenoxy) is 1. The summed E-state index contributed by atoms with van der Waals surface area (Å²) in [6.45, 7) is 3.58. The van der Waals surface area contributed by atoms with Crippen LogP contribution >= 0.6 is 0 Å². The smallest absolute Gasteiger partial charge is 0.315 e. The predicted molar refractivity (Wildman–Crippen MR) is 72.8 cm³/mol. The number of esters is 1. The monoisotopic (exact) mass is 260 g/mol. The van der Waals surface area contributed by atoms with Crippen LogP contribution in [0.3, 0.4) is 0 Å². The molecule has 0 aromatic heterocycles. The highest BCUT2D eigenvalue weighted by atomic mass is 16.5. The molecule has 0 bridgehead atoms. The van der Waals surface area contributed by atoms with Gasteiger partial charge in [0.1, 0.15) is 18.0 Å². The maximum absolute atomic E-state index is 12.1. The quantitative estimate of drug-likeness (QED) is 0.832. The summed E-state index contributed by atoms with van der Waals surface area (Å²) in [5, 5.41) is 0. The van der Waals surface area contributed by atoms with E-state index in [9.17, 15) is 4.79 Å². The molecule has 2 saturated heterocycles. The first-order valence-corrected chi connectivity index (χ1v) is 7.38. The Morgan fingerprint density at radius 2 is 2.16 bits per heavy atom. The van der Waals surface area contributed by atoms with Gasteiger partial charge >= 0.3 is 5.97 Å². The van der Waals surface area contributed by atoms with E-state index >= 15 is 0 Å². The van der Waals surface area contributed by atoms with Gasteiger partial charge < -0.3 is 9.64 Å². The SMILES string of the molecule is CCOC(=O)[C@H]1C[C@H](c2ccccc2)[NH+]2CCC[C@H]12. The number of hydrogen-bond acceptors (Lipinski definition) is 2. The minimum absolute atomic E-state index is 0.0188. The van der Waals surface area contributed by atoms with E-state index in [1.165, 1.54) is 24.9 Å². The number of carbonyl (C=O) groups excluding carboxylic acids is 1. The molecule has 19 heavy (non-hydrogen) atoms. The molecule has 2 aliphatic heterocycles. The van der Waals surface area contributed by atoms with Crippen molar-refractivity contribution in [1.29, 1.82) is 0 Å². The molecule has 102 valence electrons. The third kappa shape index (κ3) is 2.27. The molecule has 0 aliphatic carbocycles. The van der Waals surface area contributed by atoms with Crippen molar-refractivity contribution in [3.63, 3.8) is 0 Å². The van der Waals surface area contributed by atoms with Crippen LogP contribution in [-0.4, -0.2) is 25.2 Å². The van der Waals surface area contributed by atoms with Crippen molar-refractivity contribution in [3.8, 4) is 0 Å². The molecule has 3 rings (SSSR count). The van der Waals surface area contributed by atoms with Crippen LogP contribution in [0.1, 0.15) is 37.8 Å². The average molecular weight is 260 g/mol. The van der Waals surface area contributed by atoms with Gasteiger partial charge in [-0.3, -0.25) is 4.79 Å². The van der Waals surface area contributed by atoms with Crippen molar-refractivity contribution < 1.29 is 14.4 Å². The summed E-state index contributed by atoms with van der Waals surface area (Å²) in [7, 11) is 0. The number of benzene rings is 1. The average Bonchev–Trinajstić information content (AvgIpc) is 3.01. The third-order valence-electron chi connectivity index (χ3n) is 4.67. The summed E-state index contributed by atoms with van der Waals surface area (Å²) in [5.41, 5.74) is 1.37. The zero-order valence-corrected chi connectivity index (χ0v) is 11.5. The fraction of sp³-hybridized carbons (Fsp3) is 0.562. The van der Waals surface area contributed by atoms with Crippen LogP contribution in [0.4, 0.5) is 0 Å². The zero-order valence-electron chi connectivity index (χ0n) is 11.5. The first kappa shape index (κ1) is 12.7. The molecule has 3 nitrogen and oxygen atoms in total. The highest BCUT2D eigenvalue weighted by molar-refractivity contribution is 5.73. The molecular weight excluding hydrogens is 238 g/mol. The van der Waals surface area contributed by atoms with Crippen LogP contribution in [0.5, 0.6) is 0 Å². The summed E-state index contributed by atoms with van der Waals surface area (Å²) >= 11 is 0. The highest BCUT2D eigenvalue weighted by Gasteiger charge is 2.51. The standard InChI is InChI=1S/C16H21NO2/c1-2-19-16(18)13-11-15(12-7-4-3-5-8-12)17-10-6-9-14(13)17/h3-5,7-8,13-15H,2,6,9-11H2,1H3/p+1/t13-,14+,15+/m0/s1. The summed E-state index contributed by atoms with van der Waals surface area (Å²) in [6, 6.07) is 11.6. The number of carbonyl (C=O) groups is 1. The van der Waals surface area contributed by atoms with E-state index in [0.717, 1.165) is 6.42 Å². The lowest BCUT2D eigenvalue weighted by Gasteiger charge is -2.21. The number of quaternary nitrogens is 1. The van der Waals surface area contributed by atoms with E-state index in [1.54, 1.807) is 4.90 Å². The van der Waals surface area contributed by atoms with Crippen molar-refractivity contribution in [2.75, 3.05) is 13.2 Å². The zero-order chi connectivity index (χ0) is 13.2. The Morgan fingerprint density at radius 3 is 2.89 bits per heavy atom. The lowest BCUT2D eigenvalue weighted by atomic mass is 9.94. The fourth-order valence-electron chi connectivity index (χ4n) is 3.90. The number of hydrogen-bond donors (Lipinski definition) is 1. The second-order valence-corrected chi connectivity index (χ2v) is 5.63. The second-order valence-electron chi connectivity index (χ2n) is 5.63. The molecule has 3 heteroatoms. The Bertz CT molecular complexity index is 445. The minimum atomic E-state index is 0.0188. The van der Waals surface area contributed by atoms with Crippen molar-refractivity contribution in [2.24, 2.45) is 5.92 Å². The molecule has 1 N–H and O–H groups in total. The van der Waals surface area contributed by atoms with Crippen molar-refractivity contribution in [3.05, 3.63) is 35.9 Å². The maximum Gasteiger partial charge on any atom is 0.315 e. The summed E-state index contributed by atoms with van der Waals surface area (Å²) in [5.74, 6) is 0.119. The largest absolute Gasteiger partial charge is 0.466 e. The van der Waals surface area contributed by atoms with Crippen LogP contribution in [0.25, 0.3) is 0 Å². The van der Waals surface area contributed by atoms with Gasteiger partial charge in [0.25, 0.3) is 0 Å². The Hall–Kier alpha value is -1.35. The van der Waals surface area contributed by atoms with Gasteiger partial charge in [-0.2, -0.15) is 0 Å².